The molecule has 0 spiro atoms. The fourth-order valence-electron chi connectivity index (χ4n) is 4.50. The lowest BCUT2D eigenvalue weighted by atomic mass is 9.95. The summed E-state index contributed by atoms with van der Waals surface area (Å²) in [6.07, 6.45) is 6.98. The molecule has 1 aliphatic carbocycles. The van der Waals surface area contributed by atoms with Crippen molar-refractivity contribution in [3.05, 3.63) is 63.6 Å². The van der Waals surface area contributed by atoms with E-state index in [0.29, 0.717) is 21.3 Å². The number of hydrogen-bond donors (Lipinski definition) is 1. The monoisotopic (exact) mass is 567 g/mol. The minimum absolute atomic E-state index is 0.0708. The summed E-state index contributed by atoms with van der Waals surface area (Å²) in [7, 11) is -3.77. The molecule has 1 N–H and O–H groups in total. The van der Waals surface area contributed by atoms with Crippen LogP contribution in [0.4, 0.5) is 5.69 Å². The maximum absolute atomic E-state index is 13.7. The van der Waals surface area contributed by atoms with Gasteiger partial charge in [0.15, 0.2) is 0 Å². The van der Waals surface area contributed by atoms with Gasteiger partial charge >= 0.3 is 0 Å². The molecule has 0 radical (unpaired) electrons. The summed E-state index contributed by atoms with van der Waals surface area (Å²) in [5, 5.41) is 3.79. The molecule has 0 unspecified atom stereocenters. The first-order chi connectivity index (χ1) is 17.5. The third kappa shape index (κ3) is 8.09. The van der Waals surface area contributed by atoms with Crippen molar-refractivity contribution in [3.63, 3.8) is 0 Å². The molecule has 0 aromatic heterocycles. The third-order valence-corrected chi connectivity index (χ3v) is 8.65. The number of rotatable bonds is 10. The van der Waals surface area contributed by atoms with Crippen molar-refractivity contribution in [1.29, 1.82) is 0 Å². The lowest BCUT2D eigenvalue weighted by Crippen LogP contribution is -2.52. The van der Waals surface area contributed by atoms with E-state index in [4.69, 9.17) is 23.2 Å². The van der Waals surface area contributed by atoms with Crippen LogP contribution in [-0.4, -0.2) is 50.0 Å². The van der Waals surface area contributed by atoms with E-state index in [1.807, 2.05) is 19.1 Å². The van der Waals surface area contributed by atoms with E-state index in [2.05, 4.69) is 5.32 Å². The summed E-state index contributed by atoms with van der Waals surface area (Å²) in [5.41, 5.74) is 2.12. The summed E-state index contributed by atoms with van der Waals surface area (Å²) in [6, 6.07) is 11.3. The molecule has 0 aliphatic heterocycles. The number of benzene rings is 2. The van der Waals surface area contributed by atoms with Gasteiger partial charge in [-0.25, -0.2) is 8.42 Å². The number of carbonyl (C=O) groups excluding carboxylic acids is 2. The number of aryl methyl sites for hydroxylation is 1. The van der Waals surface area contributed by atoms with Crippen LogP contribution in [0.1, 0.15) is 57.1 Å². The molecule has 0 saturated heterocycles. The van der Waals surface area contributed by atoms with Crippen LogP contribution in [0.5, 0.6) is 0 Å². The van der Waals surface area contributed by atoms with Gasteiger partial charge in [-0.2, -0.15) is 0 Å². The summed E-state index contributed by atoms with van der Waals surface area (Å²) < 4.78 is 26.5. The van der Waals surface area contributed by atoms with Gasteiger partial charge < -0.3 is 10.2 Å². The molecule has 1 fully saturated rings. The van der Waals surface area contributed by atoms with Gasteiger partial charge in [0.25, 0.3) is 0 Å². The molecule has 1 atom stereocenters. The Bertz CT molecular complexity index is 1200. The molecule has 2 amide bonds. The van der Waals surface area contributed by atoms with E-state index in [-0.39, 0.29) is 18.5 Å². The van der Waals surface area contributed by atoms with E-state index in [1.165, 1.54) is 4.90 Å². The minimum Gasteiger partial charge on any atom is -0.352 e. The fraction of sp³-hybridized carbons (Fsp3) is 0.481. The number of anilines is 1. The second-order valence-corrected chi connectivity index (χ2v) is 12.3. The Labute approximate surface area is 230 Å². The third-order valence-electron chi connectivity index (χ3n) is 6.77. The van der Waals surface area contributed by atoms with Crippen molar-refractivity contribution in [3.8, 4) is 0 Å². The van der Waals surface area contributed by atoms with E-state index in [9.17, 15) is 18.0 Å². The molecule has 1 saturated carbocycles. The number of carbonyl (C=O) groups is 2. The molecule has 1 aliphatic rings. The number of nitrogens with zero attached hydrogens (tertiary/aromatic N) is 2. The van der Waals surface area contributed by atoms with E-state index in [1.54, 1.807) is 37.3 Å². The second-order valence-electron chi connectivity index (χ2n) is 9.58. The van der Waals surface area contributed by atoms with Gasteiger partial charge in [0, 0.05) is 12.6 Å². The minimum atomic E-state index is -3.77. The van der Waals surface area contributed by atoms with Crippen molar-refractivity contribution < 1.29 is 18.0 Å². The Balaban J connectivity index is 1.88. The zero-order chi connectivity index (χ0) is 27.2. The Morgan fingerprint density at radius 2 is 1.62 bits per heavy atom. The zero-order valence-electron chi connectivity index (χ0n) is 21.5. The average molecular weight is 569 g/mol. The lowest BCUT2D eigenvalue weighted by Gasteiger charge is -2.33. The quantitative estimate of drug-likeness (QED) is 0.428. The molecular formula is C27H35Cl2N3O4S. The first-order valence-electron chi connectivity index (χ1n) is 12.6. The van der Waals surface area contributed by atoms with E-state index in [0.717, 1.165) is 54.6 Å². The molecule has 2 aromatic carbocycles. The highest BCUT2D eigenvalue weighted by atomic mass is 35.5. The number of hydrogen-bond acceptors (Lipinski definition) is 4. The predicted molar refractivity (Wildman–Crippen MR) is 149 cm³/mol. The molecule has 0 heterocycles. The molecule has 202 valence electrons. The number of amides is 2. The highest BCUT2D eigenvalue weighted by molar-refractivity contribution is 7.92. The number of sulfonamides is 1. The van der Waals surface area contributed by atoms with Gasteiger partial charge in [-0.05, 0) is 61.6 Å². The van der Waals surface area contributed by atoms with Crippen LogP contribution in [0.2, 0.25) is 10.0 Å². The molecule has 3 rings (SSSR count). The largest absolute Gasteiger partial charge is 0.352 e. The highest BCUT2D eigenvalue weighted by Gasteiger charge is 2.31. The Morgan fingerprint density at radius 3 is 2.19 bits per heavy atom. The van der Waals surface area contributed by atoms with Crippen LogP contribution in [-0.2, 0) is 32.6 Å². The maximum atomic E-state index is 13.7. The Kier molecular flexibility index (Phi) is 10.3. The molecule has 7 nitrogen and oxygen atoms in total. The van der Waals surface area contributed by atoms with Crippen LogP contribution < -0.4 is 9.62 Å². The van der Waals surface area contributed by atoms with Crippen LogP contribution in [0.25, 0.3) is 0 Å². The fourth-order valence-corrected chi connectivity index (χ4v) is 5.67. The van der Waals surface area contributed by atoms with Crippen LogP contribution in [0, 0.1) is 0 Å². The van der Waals surface area contributed by atoms with Crippen molar-refractivity contribution in [2.45, 2.75) is 71.0 Å². The Morgan fingerprint density at radius 1 is 1.00 bits per heavy atom. The van der Waals surface area contributed by atoms with Crippen LogP contribution >= 0.6 is 23.2 Å². The molecular weight excluding hydrogens is 533 g/mol. The normalized spacial score (nSPS) is 15.2. The summed E-state index contributed by atoms with van der Waals surface area (Å²) in [5.74, 6) is -0.763. The van der Waals surface area contributed by atoms with Gasteiger partial charge in [0.05, 0.1) is 22.0 Å². The Hall–Kier alpha value is -2.29. The van der Waals surface area contributed by atoms with Gasteiger partial charge in [-0.1, -0.05) is 67.6 Å². The maximum Gasteiger partial charge on any atom is 0.244 e. The van der Waals surface area contributed by atoms with Crippen molar-refractivity contribution in [1.82, 2.24) is 10.2 Å². The smallest absolute Gasteiger partial charge is 0.244 e. The van der Waals surface area contributed by atoms with Gasteiger partial charge in [-0.15, -0.1) is 0 Å². The van der Waals surface area contributed by atoms with Gasteiger partial charge in [0.1, 0.15) is 12.6 Å². The topological polar surface area (TPSA) is 86.8 Å². The number of nitrogens with one attached hydrogen (secondary N) is 1. The van der Waals surface area contributed by atoms with Crippen LogP contribution in [0.3, 0.4) is 0 Å². The second kappa shape index (κ2) is 13.0. The van der Waals surface area contributed by atoms with Crippen LogP contribution in [0.15, 0.2) is 42.5 Å². The number of halogens is 2. The van der Waals surface area contributed by atoms with E-state index < -0.39 is 28.5 Å². The first kappa shape index (κ1) is 29.3. The summed E-state index contributed by atoms with van der Waals surface area (Å²) in [4.78, 5) is 28.3. The van der Waals surface area contributed by atoms with Crippen molar-refractivity contribution >= 4 is 50.7 Å². The van der Waals surface area contributed by atoms with Crippen molar-refractivity contribution in [2.75, 3.05) is 17.1 Å². The molecule has 0 bridgehead atoms. The predicted octanol–water partition coefficient (Wildman–Crippen LogP) is 5.19. The first-order valence-corrected chi connectivity index (χ1v) is 15.2. The molecule has 10 heteroatoms. The van der Waals surface area contributed by atoms with E-state index >= 15 is 0 Å². The highest BCUT2D eigenvalue weighted by Crippen LogP contribution is 2.25. The van der Waals surface area contributed by atoms with Crippen molar-refractivity contribution in [2.24, 2.45) is 0 Å². The summed E-state index contributed by atoms with van der Waals surface area (Å²) >= 11 is 12.3. The standard InChI is InChI=1S/C27H35Cl2N3O4S/c1-4-20-10-13-23(14-11-20)32(37(3,35)36)18-26(33)31(17-21-12-15-24(28)25(29)16-21)19(2)27(34)30-22-8-6-5-7-9-22/h10-16,19,22H,4-9,17-18H2,1-3H3,(H,30,34)/t19-/m0/s1. The zero-order valence-corrected chi connectivity index (χ0v) is 23.9. The SMILES string of the molecule is CCc1ccc(N(CC(=O)N(Cc2ccc(Cl)c(Cl)c2)[C@@H](C)C(=O)NC2CCCCC2)S(C)(=O)=O)cc1. The lowest BCUT2D eigenvalue weighted by molar-refractivity contribution is -0.139. The van der Waals surface area contributed by atoms with Gasteiger partial charge in [-0.3, -0.25) is 13.9 Å². The van der Waals surface area contributed by atoms with Gasteiger partial charge in [0.2, 0.25) is 21.8 Å². The summed E-state index contributed by atoms with van der Waals surface area (Å²) in [6.45, 7) is 3.30. The average Bonchev–Trinajstić information content (AvgIpc) is 2.87. The molecule has 37 heavy (non-hydrogen) atoms. The molecule has 2 aromatic rings.